The van der Waals surface area contributed by atoms with Gasteiger partial charge in [-0.1, -0.05) is 19.8 Å². The van der Waals surface area contributed by atoms with Gasteiger partial charge in [0.1, 0.15) is 0 Å². The summed E-state index contributed by atoms with van der Waals surface area (Å²) in [6, 6.07) is 0. The van der Waals surface area contributed by atoms with E-state index in [1.165, 1.54) is 19.3 Å². The number of aliphatic carboxylic acids is 1. The number of carbonyl (C=O) groups is 1. The van der Waals surface area contributed by atoms with Crippen molar-refractivity contribution >= 4 is 5.97 Å². The largest absolute Gasteiger partial charge is 0.481 e. The first kappa shape index (κ1) is 11.5. The molecule has 1 fully saturated rings. The fraction of sp³-hybridized carbons (Fsp3) is 0.909. The molecule has 1 rings (SSSR count). The van der Waals surface area contributed by atoms with Crippen molar-refractivity contribution in [3.63, 3.8) is 0 Å². The smallest absolute Gasteiger partial charge is 0.310 e. The molecule has 3 nitrogen and oxygen atoms in total. The van der Waals surface area contributed by atoms with Crippen LogP contribution in [0.5, 0.6) is 0 Å². The molecule has 0 atom stereocenters. The molecule has 0 aromatic carbocycles. The maximum Gasteiger partial charge on any atom is 0.310 e. The number of carboxylic acid groups (broad SMARTS) is 1. The third-order valence-corrected chi connectivity index (χ3v) is 3.02. The van der Waals surface area contributed by atoms with Crippen LogP contribution in [0.25, 0.3) is 0 Å². The van der Waals surface area contributed by atoms with Gasteiger partial charge < -0.3 is 10.0 Å². The lowest BCUT2D eigenvalue weighted by Gasteiger charge is -2.20. The minimum Gasteiger partial charge on any atom is -0.481 e. The van der Waals surface area contributed by atoms with Crippen LogP contribution in [0, 0.1) is 5.41 Å². The van der Waals surface area contributed by atoms with E-state index in [1.807, 2.05) is 7.05 Å². The molecule has 0 unspecified atom stereocenters. The molecule has 82 valence electrons. The topological polar surface area (TPSA) is 40.5 Å². The summed E-state index contributed by atoms with van der Waals surface area (Å²) >= 11 is 0. The highest BCUT2D eigenvalue weighted by molar-refractivity contribution is 5.78. The first-order valence-electron chi connectivity index (χ1n) is 5.53. The molecule has 0 aromatic heterocycles. The molecular weight excluding hydrogens is 178 g/mol. The van der Waals surface area contributed by atoms with E-state index in [1.54, 1.807) is 0 Å². The second-order valence-corrected chi connectivity index (χ2v) is 4.53. The molecule has 14 heavy (non-hydrogen) atoms. The number of carboxylic acids is 1. The van der Waals surface area contributed by atoms with Crippen LogP contribution >= 0.6 is 0 Å². The zero-order chi connectivity index (χ0) is 10.6. The van der Waals surface area contributed by atoms with Gasteiger partial charge in [0.25, 0.3) is 0 Å². The predicted octanol–water partition coefficient (Wildman–Crippen LogP) is 1.97. The summed E-state index contributed by atoms with van der Waals surface area (Å²) in [5, 5.41) is 9.00. The second-order valence-electron chi connectivity index (χ2n) is 4.53. The lowest BCUT2D eigenvalue weighted by Crippen LogP contribution is -2.32. The lowest BCUT2D eigenvalue weighted by atomic mass is 10.1. The van der Waals surface area contributed by atoms with E-state index in [0.29, 0.717) is 0 Å². The molecule has 0 spiro atoms. The molecule has 0 bridgehead atoms. The van der Waals surface area contributed by atoms with Gasteiger partial charge >= 0.3 is 5.97 Å². The Balaban J connectivity index is 2.20. The number of hydrogen-bond donors (Lipinski definition) is 1. The summed E-state index contributed by atoms with van der Waals surface area (Å²) in [4.78, 5) is 13.1. The van der Waals surface area contributed by atoms with Crippen LogP contribution in [-0.2, 0) is 4.79 Å². The van der Waals surface area contributed by atoms with Crippen LogP contribution in [0.2, 0.25) is 0 Å². The van der Waals surface area contributed by atoms with Crippen molar-refractivity contribution in [3.8, 4) is 0 Å². The van der Waals surface area contributed by atoms with Gasteiger partial charge in [-0.3, -0.25) is 4.79 Å². The molecule has 0 saturated heterocycles. The quantitative estimate of drug-likeness (QED) is 0.637. The van der Waals surface area contributed by atoms with Crippen LogP contribution in [0.3, 0.4) is 0 Å². The summed E-state index contributed by atoms with van der Waals surface area (Å²) in [5.41, 5.74) is -0.388. The van der Waals surface area contributed by atoms with Crippen LogP contribution in [0.15, 0.2) is 0 Å². The van der Waals surface area contributed by atoms with Crippen molar-refractivity contribution in [2.45, 2.75) is 39.0 Å². The number of hydrogen-bond acceptors (Lipinski definition) is 2. The highest BCUT2D eigenvalue weighted by Gasteiger charge is 2.50. The third-order valence-electron chi connectivity index (χ3n) is 3.02. The van der Waals surface area contributed by atoms with E-state index in [-0.39, 0.29) is 5.41 Å². The standard InChI is InChI=1S/C11H21NO2/c1-3-4-5-8-12(2)9-11(6-7-11)10(13)14/h3-9H2,1-2H3,(H,13,14). The minimum absolute atomic E-state index is 0.388. The Bertz CT molecular complexity index is 199. The minimum atomic E-state index is -0.611. The number of unbranched alkanes of at least 4 members (excludes halogenated alkanes) is 2. The van der Waals surface area contributed by atoms with Crippen molar-refractivity contribution in [1.82, 2.24) is 4.90 Å². The van der Waals surface area contributed by atoms with Gasteiger partial charge in [-0.05, 0) is 32.9 Å². The Morgan fingerprint density at radius 3 is 2.50 bits per heavy atom. The number of rotatable bonds is 7. The highest BCUT2D eigenvalue weighted by atomic mass is 16.4. The average molecular weight is 199 g/mol. The van der Waals surface area contributed by atoms with Crippen LogP contribution in [0.1, 0.15) is 39.0 Å². The van der Waals surface area contributed by atoms with Crippen molar-refractivity contribution in [1.29, 1.82) is 0 Å². The van der Waals surface area contributed by atoms with Gasteiger partial charge in [0, 0.05) is 6.54 Å². The molecule has 0 amide bonds. The molecule has 1 N–H and O–H groups in total. The Hall–Kier alpha value is -0.570. The Kier molecular flexibility index (Phi) is 3.93. The monoisotopic (exact) mass is 199 g/mol. The van der Waals surface area contributed by atoms with E-state index in [2.05, 4.69) is 11.8 Å². The normalized spacial score (nSPS) is 18.5. The maximum absolute atomic E-state index is 10.9. The van der Waals surface area contributed by atoms with Gasteiger partial charge in [0.15, 0.2) is 0 Å². The molecule has 3 heteroatoms. The van der Waals surface area contributed by atoms with E-state index < -0.39 is 5.97 Å². The van der Waals surface area contributed by atoms with Gasteiger partial charge in [-0.15, -0.1) is 0 Å². The Labute approximate surface area is 86.1 Å². The summed E-state index contributed by atoms with van der Waals surface area (Å²) < 4.78 is 0. The summed E-state index contributed by atoms with van der Waals surface area (Å²) in [7, 11) is 2.03. The molecule has 1 saturated carbocycles. The third kappa shape index (κ3) is 2.98. The first-order valence-corrected chi connectivity index (χ1v) is 5.53. The maximum atomic E-state index is 10.9. The average Bonchev–Trinajstić information content (AvgIpc) is 2.86. The summed E-state index contributed by atoms with van der Waals surface area (Å²) in [6.45, 7) is 3.94. The molecule has 0 heterocycles. The van der Waals surface area contributed by atoms with Crippen LogP contribution in [-0.4, -0.2) is 36.1 Å². The zero-order valence-corrected chi connectivity index (χ0v) is 9.25. The fourth-order valence-electron chi connectivity index (χ4n) is 1.82. The molecule has 0 aliphatic heterocycles. The zero-order valence-electron chi connectivity index (χ0n) is 9.25. The molecule has 0 aromatic rings. The van der Waals surface area contributed by atoms with Gasteiger partial charge in [-0.2, -0.15) is 0 Å². The van der Waals surface area contributed by atoms with E-state index in [0.717, 1.165) is 25.9 Å². The lowest BCUT2D eigenvalue weighted by molar-refractivity contribution is -0.144. The van der Waals surface area contributed by atoms with Crippen molar-refractivity contribution < 1.29 is 9.90 Å². The Morgan fingerprint density at radius 2 is 2.07 bits per heavy atom. The van der Waals surface area contributed by atoms with Crippen molar-refractivity contribution in [2.75, 3.05) is 20.1 Å². The summed E-state index contributed by atoms with van der Waals surface area (Å²) in [5.74, 6) is -0.611. The molecule has 1 aliphatic carbocycles. The predicted molar refractivity (Wildman–Crippen MR) is 56.3 cm³/mol. The van der Waals surface area contributed by atoms with Crippen LogP contribution in [0.4, 0.5) is 0 Å². The molecule has 0 radical (unpaired) electrons. The van der Waals surface area contributed by atoms with Crippen LogP contribution < -0.4 is 0 Å². The van der Waals surface area contributed by atoms with E-state index >= 15 is 0 Å². The van der Waals surface area contributed by atoms with Gasteiger partial charge in [0.05, 0.1) is 5.41 Å². The van der Waals surface area contributed by atoms with Crippen molar-refractivity contribution in [3.05, 3.63) is 0 Å². The molecular formula is C11H21NO2. The highest BCUT2D eigenvalue weighted by Crippen LogP contribution is 2.46. The van der Waals surface area contributed by atoms with Gasteiger partial charge in [0.2, 0.25) is 0 Å². The number of nitrogens with zero attached hydrogens (tertiary/aromatic N) is 1. The fourth-order valence-corrected chi connectivity index (χ4v) is 1.82. The Morgan fingerprint density at radius 1 is 1.43 bits per heavy atom. The first-order chi connectivity index (χ1) is 6.60. The van der Waals surface area contributed by atoms with E-state index in [9.17, 15) is 4.79 Å². The second kappa shape index (κ2) is 4.78. The molecule has 1 aliphatic rings. The SMILES string of the molecule is CCCCCN(C)CC1(C(=O)O)CC1. The van der Waals surface area contributed by atoms with Gasteiger partial charge in [-0.25, -0.2) is 0 Å². The van der Waals surface area contributed by atoms with E-state index in [4.69, 9.17) is 5.11 Å². The summed E-state index contributed by atoms with van der Waals surface area (Å²) in [6.07, 6.45) is 5.37. The van der Waals surface area contributed by atoms with Crippen molar-refractivity contribution in [2.24, 2.45) is 5.41 Å².